The van der Waals surface area contributed by atoms with E-state index in [0.29, 0.717) is 25.9 Å². The van der Waals surface area contributed by atoms with E-state index in [1.807, 2.05) is 13.8 Å². The maximum absolute atomic E-state index is 11.3. The fraction of sp³-hybridized carbons (Fsp3) is 0.500. The van der Waals surface area contributed by atoms with Gasteiger partial charge in [0, 0.05) is 25.2 Å². The van der Waals surface area contributed by atoms with Crippen LogP contribution in [-0.2, 0) is 11.3 Å². The predicted molar refractivity (Wildman–Crippen MR) is 75.5 cm³/mol. The summed E-state index contributed by atoms with van der Waals surface area (Å²) in [4.78, 5) is 21.4. The van der Waals surface area contributed by atoms with Gasteiger partial charge in [-0.3, -0.25) is 14.9 Å². The Balaban J connectivity index is 2.59. The standard InChI is InChI=1S/C14H20N2O4/c1-3-14(4-2,13(17)18)10-15-9-11-5-7-12(8-6-11)16(19)20/h5-8,15H,3-4,9-10H2,1-2H3,(H,17,18). The molecule has 0 spiro atoms. The smallest absolute Gasteiger partial charge is 0.310 e. The van der Waals surface area contributed by atoms with Crippen molar-refractivity contribution in [1.29, 1.82) is 0 Å². The van der Waals surface area contributed by atoms with Gasteiger partial charge in [-0.1, -0.05) is 26.0 Å². The summed E-state index contributed by atoms with van der Waals surface area (Å²) in [5, 5.41) is 23.0. The number of carboxylic acids is 1. The van der Waals surface area contributed by atoms with Gasteiger partial charge in [-0.2, -0.15) is 0 Å². The van der Waals surface area contributed by atoms with Crippen LogP contribution in [0.2, 0.25) is 0 Å². The van der Waals surface area contributed by atoms with Crippen molar-refractivity contribution >= 4 is 11.7 Å². The lowest BCUT2D eigenvalue weighted by atomic mass is 9.82. The number of nitro groups is 1. The van der Waals surface area contributed by atoms with E-state index >= 15 is 0 Å². The Hall–Kier alpha value is -1.95. The fourth-order valence-electron chi connectivity index (χ4n) is 2.06. The molecule has 0 radical (unpaired) electrons. The van der Waals surface area contributed by atoms with Crippen molar-refractivity contribution in [2.24, 2.45) is 5.41 Å². The molecule has 0 aromatic heterocycles. The average Bonchev–Trinajstić information content (AvgIpc) is 2.44. The quantitative estimate of drug-likeness (QED) is 0.564. The molecule has 6 heteroatoms. The first-order valence-corrected chi connectivity index (χ1v) is 6.62. The molecule has 2 N–H and O–H groups in total. The van der Waals surface area contributed by atoms with E-state index in [2.05, 4.69) is 5.32 Å². The Morgan fingerprint density at radius 2 is 1.85 bits per heavy atom. The van der Waals surface area contributed by atoms with Crippen LogP contribution in [-0.4, -0.2) is 22.5 Å². The summed E-state index contributed by atoms with van der Waals surface area (Å²) in [5.41, 5.74) is 0.193. The number of nitrogens with zero attached hydrogens (tertiary/aromatic N) is 1. The van der Waals surface area contributed by atoms with E-state index in [1.54, 1.807) is 12.1 Å². The molecular formula is C14H20N2O4. The predicted octanol–water partition coefficient (Wildman–Crippen LogP) is 2.58. The van der Waals surface area contributed by atoms with Gasteiger partial charge in [-0.15, -0.1) is 0 Å². The molecule has 1 aromatic carbocycles. The van der Waals surface area contributed by atoms with Crippen LogP contribution in [0, 0.1) is 15.5 Å². The summed E-state index contributed by atoms with van der Waals surface area (Å²) in [6.45, 7) is 4.61. The van der Waals surface area contributed by atoms with E-state index in [4.69, 9.17) is 0 Å². The number of carbonyl (C=O) groups is 1. The van der Waals surface area contributed by atoms with Gasteiger partial charge in [0.15, 0.2) is 0 Å². The summed E-state index contributed by atoms with van der Waals surface area (Å²) >= 11 is 0. The number of hydrogen-bond donors (Lipinski definition) is 2. The number of nitro benzene ring substituents is 1. The molecule has 0 aliphatic heterocycles. The third-order valence-corrected chi connectivity index (χ3v) is 3.75. The maximum Gasteiger partial charge on any atom is 0.310 e. The van der Waals surface area contributed by atoms with Crippen molar-refractivity contribution in [1.82, 2.24) is 5.32 Å². The molecule has 6 nitrogen and oxygen atoms in total. The molecule has 0 fully saturated rings. The number of carboxylic acid groups (broad SMARTS) is 1. The van der Waals surface area contributed by atoms with Crippen LogP contribution in [0.25, 0.3) is 0 Å². The number of non-ortho nitro benzene ring substituents is 1. The molecule has 0 amide bonds. The SMILES string of the molecule is CCC(CC)(CNCc1ccc([N+](=O)[O-])cc1)C(=O)O. The van der Waals surface area contributed by atoms with Crippen molar-refractivity contribution in [3.8, 4) is 0 Å². The molecule has 0 unspecified atom stereocenters. The molecule has 1 aromatic rings. The molecule has 0 aliphatic rings. The number of aliphatic carboxylic acids is 1. The average molecular weight is 280 g/mol. The van der Waals surface area contributed by atoms with Gasteiger partial charge in [0.05, 0.1) is 10.3 Å². The zero-order valence-electron chi connectivity index (χ0n) is 11.8. The summed E-state index contributed by atoms with van der Waals surface area (Å²) in [6, 6.07) is 6.24. The largest absolute Gasteiger partial charge is 0.481 e. The van der Waals surface area contributed by atoms with Crippen molar-refractivity contribution in [2.45, 2.75) is 33.2 Å². The summed E-state index contributed by atoms with van der Waals surface area (Å²) in [6.07, 6.45) is 1.12. The van der Waals surface area contributed by atoms with Gasteiger partial charge in [0.25, 0.3) is 5.69 Å². The summed E-state index contributed by atoms with van der Waals surface area (Å²) in [5.74, 6) is -0.793. The molecule has 0 bridgehead atoms. The van der Waals surface area contributed by atoms with Crippen molar-refractivity contribution in [3.05, 3.63) is 39.9 Å². The Labute approximate surface area is 118 Å². The van der Waals surface area contributed by atoms with Crippen molar-refractivity contribution in [3.63, 3.8) is 0 Å². The van der Waals surface area contributed by atoms with Crippen LogP contribution < -0.4 is 5.32 Å². The number of hydrogen-bond acceptors (Lipinski definition) is 4. The topological polar surface area (TPSA) is 92.5 Å². The lowest BCUT2D eigenvalue weighted by molar-refractivity contribution is -0.384. The monoisotopic (exact) mass is 280 g/mol. The highest BCUT2D eigenvalue weighted by atomic mass is 16.6. The zero-order valence-corrected chi connectivity index (χ0v) is 11.8. The van der Waals surface area contributed by atoms with Crippen LogP contribution >= 0.6 is 0 Å². The minimum atomic E-state index is -0.793. The van der Waals surface area contributed by atoms with Crippen molar-refractivity contribution in [2.75, 3.05) is 6.54 Å². The Kier molecular flexibility index (Phi) is 5.64. The van der Waals surface area contributed by atoms with E-state index < -0.39 is 16.3 Å². The van der Waals surface area contributed by atoms with Crippen molar-refractivity contribution < 1.29 is 14.8 Å². The molecule has 20 heavy (non-hydrogen) atoms. The lowest BCUT2D eigenvalue weighted by Gasteiger charge is -2.27. The van der Waals surface area contributed by atoms with Crippen LogP contribution in [0.3, 0.4) is 0 Å². The second kappa shape index (κ2) is 7.00. The molecular weight excluding hydrogens is 260 g/mol. The van der Waals surface area contributed by atoms with Gasteiger partial charge in [0.2, 0.25) is 0 Å². The molecule has 0 saturated carbocycles. The maximum atomic E-state index is 11.3. The first kappa shape index (κ1) is 16.1. The van der Waals surface area contributed by atoms with Crippen LogP contribution in [0.1, 0.15) is 32.3 Å². The van der Waals surface area contributed by atoms with E-state index in [0.717, 1.165) is 5.56 Å². The highest BCUT2D eigenvalue weighted by Crippen LogP contribution is 2.25. The second-order valence-corrected chi connectivity index (χ2v) is 4.82. The van der Waals surface area contributed by atoms with Gasteiger partial charge < -0.3 is 10.4 Å². The third-order valence-electron chi connectivity index (χ3n) is 3.75. The van der Waals surface area contributed by atoms with Crippen LogP contribution in [0.15, 0.2) is 24.3 Å². The highest BCUT2D eigenvalue weighted by molar-refractivity contribution is 5.74. The van der Waals surface area contributed by atoms with Crippen LogP contribution in [0.4, 0.5) is 5.69 Å². The van der Waals surface area contributed by atoms with Gasteiger partial charge in [0.1, 0.15) is 0 Å². The number of nitrogens with one attached hydrogen (secondary N) is 1. The highest BCUT2D eigenvalue weighted by Gasteiger charge is 2.34. The normalized spacial score (nSPS) is 11.3. The molecule has 0 atom stereocenters. The van der Waals surface area contributed by atoms with Gasteiger partial charge >= 0.3 is 5.97 Å². The Morgan fingerprint density at radius 1 is 1.30 bits per heavy atom. The Bertz CT molecular complexity index is 467. The third kappa shape index (κ3) is 3.77. The molecule has 1 rings (SSSR count). The second-order valence-electron chi connectivity index (χ2n) is 4.82. The fourth-order valence-corrected chi connectivity index (χ4v) is 2.06. The molecule has 0 heterocycles. The van der Waals surface area contributed by atoms with E-state index in [-0.39, 0.29) is 5.69 Å². The zero-order chi connectivity index (χ0) is 15.2. The van der Waals surface area contributed by atoms with E-state index in [1.165, 1.54) is 12.1 Å². The number of benzene rings is 1. The minimum Gasteiger partial charge on any atom is -0.481 e. The van der Waals surface area contributed by atoms with Crippen LogP contribution in [0.5, 0.6) is 0 Å². The Morgan fingerprint density at radius 3 is 2.25 bits per heavy atom. The summed E-state index contributed by atoms with van der Waals surface area (Å²) in [7, 11) is 0. The van der Waals surface area contributed by atoms with Gasteiger partial charge in [-0.05, 0) is 18.4 Å². The lowest BCUT2D eigenvalue weighted by Crippen LogP contribution is -2.39. The first-order valence-electron chi connectivity index (χ1n) is 6.62. The molecule has 110 valence electrons. The van der Waals surface area contributed by atoms with Gasteiger partial charge in [-0.25, -0.2) is 0 Å². The summed E-state index contributed by atoms with van der Waals surface area (Å²) < 4.78 is 0. The molecule has 0 saturated heterocycles. The number of rotatable bonds is 8. The minimum absolute atomic E-state index is 0.0516. The van der Waals surface area contributed by atoms with E-state index in [9.17, 15) is 20.0 Å². The first-order chi connectivity index (χ1) is 9.45. The molecule has 0 aliphatic carbocycles.